The van der Waals surface area contributed by atoms with Gasteiger partial charge in [-0.15, -0.1) is 0 Å². The summed E-state index contributed by atoms with van der Waals surface area (Å²) in [5.41, 5.74) is 2.11. The summed E-state index contributed by atoms with van der Waals surface area (Å²) >= 11 is 0. The summed E-state index contributed by atoms with van der Waals surface area (Å²) in [5, 5.41) is 16.3. The Hall–Kier alpha value is -5.25. The number of ketones is 4. The van der Waals surface area contributed by atoms with Gasteiger partial charge in [0, 0.05) is 40.6 Å². The van der Waals surface area contributed by atoms with E-state index < -0.39 is 40.4 Å². The zero-order chi connectivity index (χ0) is 26.7. The number of aryl methyl sites for hydroxylation is 1. The second-order valence-corrected chi connectivity index (χ2v) is 8.24. The van der Waals surface area contributed by atoms with Gasteiger partial charge in [0.2, 0.25) is 17.3 Å². The van der Waals surface area contributed by atoms with Crippen molar-refractivity contribution < 1.29 is 28.9 Å². The number of allylic oxidation sites excluding steroid dienone is 1. The topological polar surface area (TPSA) is 153 Å². The average molecular weight is 497 g/mol. The van der Waals surface area contributed by atoms with Crippen LogP contribution in [0.1, 0.15) is 38.3 Å². The highest BCUT2D eigenvalue weighted by Crippen LogP contribution is 2.27. The summed E-state index contributed by atoms with van der Waals surface area (Å²) in [6, 6.07) is 16.6. The van der Waals surface area contributed by atoms with Crippen LogP contribution in [0, 0.1) is 17.0 Å². The number of hydrogen-bond acceptors (Lipinski definition) is 8. The lowest BCUT2D eigenvalue weighted by molar-refractivity contribution is -0.384. The van der Waals surface area contributed by atoms with Crippen LogP contribution in [0.15, 0.2) is 72.8 Å². The maximum Gasteiger partial charge on any atom is 0.292 e. The first-order valence-corrected chi connectivity index (χ1v) is 11.0. The van der Waals surface area contributed by atoms with Crippen LogP contribution in [0.2, 0.25) is 0 Å². The van der Waals surface area contributed by atoms with Gasteiger partial charge in [0.1, 0.15) is 0 Å². The SMILES string of the molecule is Cc1ccc([N+](=O)[O-])cc1NC(=O)C(=O)CC(=O)c1cccc(NC2=CC(=O)C(=O)c3ccccc32)c1. The summed E-state index contributed by atoms with van der Waals surface area (Å²) < 4.78 is 0. The molecule has 0 spiro atoms. The lowest BCUT2D eigenvalue weighted by atomic mass is 9.92. The number of anilines is 2. The van der Waals surface area contributed by atoms with Crippen molar-refractivity contribution in [1.29, 1.82) is 0 Å². The van der Waals surface area contributed by atoms with E-state index in [9.17, 15) is 34.1 Å². The van der Waals surface area contributed by atoms with Crippen molar-refractivity contribution in [3.63, 3.8) is 0 Å². The molecule has 0 radical (unpaired) electrons. The standard InChI is InChI=1S/C27H19N3O7/c1-15-9-10-18(30(36)37)12-21(15)29-27(35)25(33)14-23(31)16-5-4-6-17(11-16)28-22-13-24(32)26(34)20-8-3-2-7-19(20)22/h2-13,28H,14H2,1H3,(H,29,35). The number of carbonyl (C=O) groups is 5. The molecule has 1 amide bonds. The van der Waals surface area contributed by atoms with Crippen LogP contribution in [-0.2, 0) is 14.4 Å². The largest absolute Gasteiger partial charge is 0.355 e. The van der Waals surface area contributed by atoms with E-state index in [-0.39, 0.29) is 22.5 Å². The van der Waals surface area contributed by atoms with Crippen molar-refractivity contribution in [2.24, 2.45) is 0 Å². The van der Waals surface area contributed by atoms with E-state index >= 15 is 0 Å². The smallest absolute Gasteiger partial charge is 0.292 e. The van der Waals surface area contributed by atoms with E-state index in [1.807, 2.05) is 0 Å². The molecular weight excluding hydrogens is 478 g/mol. The van der Waals surface area contributed by atoms with E-state index in [1.54, 1.807) is 43.3 Å². The van der Waals surface area contributed by atoms with Crippen LogP contribution < -0.4 is 10.6 Å². The van der Waals surface area contributed by atoms with Crippen LogP contribution in [-0.4, -0.2) is 34.0 Å². The highest BCUT2D eigenvalue weighted by atomic mass is 16.6. The molecule has 3 aromatic rings. The molecule has 0 bridgehead atoms. The minimum absolute atomic E-state index is 0.0975. The van der Waals surface area contributed by atoms with Crippen molar-refractivity contribution in [2.45, 2.75) is 13.3 Å². The Morgan fingerprint density at radius 3 is 2.38 bits per heavy atom. The number of nitro groups is 1. The normalized spacial score (nSPS) is 12.3. The summed E-state index contributed by atoms with van der Waals surface area (Å²) in [4.78, 5) is 72.1. The van der Waals surface area contributed by atoms with Gasteiger partial charge in [0.25, 0.3) is 11.6 Å². The predicted molar refractivity (Wildman–Crippen MR) is 134 cm³/mol. The first kappa shape index (κ1) is 24.9. The van der Waals surface area contributed by atoms with Gasteiger partial charge in [-0.3, -0.25) is 34.1 Å². The van der Waals surface area contributed by atoms with Crippen molar-refractivity contribution >= 4 is 51.8 Å². The minimum atomic E-state index is -1.07. The van der Waals surface area contributed by atoms with Crippen molar-refractivity contribution in [3.05, 3.63) is 105 Å². The molecule has 0 saturated carbocycles. The number of non-ortho nitro benzene ring substituents is 1. The molecule has 3 aromatic carbocycles. The van der Waals surface area contributed by atoms with Crippen LogP contribution in [0.5, 0.6) is 0 Å². The molecule has 4 rings (SSSR count). The van der Waals surface area contributed by atoms with Gasteiger partial charge >= 0.3 is 0 Å². The third-order valence-corrected chi connectivity index (χ3v) is 5.68. The molecule has 0 aliphatic heterocycles. The van der Waals surface area contributed by atoms with E-state index in [1.165, 1.54) is 30.3 Å². The molecule has 1 aliphatic carbocycles. The number of benzene rings is 3. The number of nitro benzene ring substituents is 1. The molecule has 10 heteroatoms. The molecule has 37 heavy (non-hydrogen) atoms. The zero-order valence-corrected chi connectivity index (χ0v) is 19.4. The van der Waals surface area contributed by atoms with Gasteiger partial charge in [0.15, 0.2) is 5.78 Å². The van der Waals surface area contributed by atoms with Crippen LogP contribution in [0.3, 0.4) is 0 Å². The van der Waals surface area contributed by atoms with Crippen molar-refractivity contribution in [2.75, 3.05) is 10.6 Å². The fourth-order valence-electron chi connectivity index (χ4n) is 3.73. The third kappa shape index (κ3) is 5.38. The first-order chi connectivity index (χ1) is 17.6. The lowest BCUT2D eigenvalue weighted by Gasteiger charge is -2.18. The highest BCUT2D eigenvalue weighted by Gasteiger charge is 2.26. The molecule has 2 N–H and O–H groups in total. The summed E-state index contributed by atoms with van der Waals surface area (Å²) in [6.45, 7) is 1.61. The number of nitrogens with one attached hydrogen (secondary N) is 2. The number of rotatable bonds is 8. The van der Waals surface area contributed by atoms with Crippen molar-refractivity contribution in [1.82, 2.24) is 0 Å². The fraction of sp³-hybridized carbons (Fsp3) is 0.0741. The van der Waals surface area contributed by atoms with E-state index in [0.29, 0.717) is 22.5 Å². The molecule has 10 nitrogen and oxygen atoms in total. The first-order valence-electron chi connectivity index (χ1n) is 11.0. The molecule has 1 aliphatic rings. The number of hydrogen-bond donors (Lipinski definition) is 2. The maximum absolute atomic E-state index is 12.7. The average Bonchev–Trinajstić information content (AvgIpc) is 2.88. The zero-order valence-electron chi connectivity index (χ0n) is 19.4. The summed E-state index contributed by atoms with van der Waals surface area (Å²) in [5.74, 6) is -3.99. The second-order valence-electron chi connectivity index (χ2n) is 8.24. The quantitative estimate of drug-likeness (QED) is 0.156. The van der Waals surface area contributed by atoms with Crippen LogP contribution >= 0.6 is 0 Å². The summed E-state index contributed by atoms with van der Waals surface area (Å²) in [7, 11) is 0. The van der Waals surface area contributed by atoms with Gasteiger partial charge in [0.05, 0.1) is 22.7 Å². The third-order valence-electron chi connectivity index (χ3n) is 5.68. The highest BCUT2D eigenvalue weighted by molar-refractivity contribution is 6.50. The van der Waals surface area contributed by atoms with Crippen LogP contribution in [0.4, 0.5) is 17.1 Å². The Bertz CT molecular complexity index is 1540. The van der Waals surface area contributed by atoms with Gasteiger partial charge in [-0.05, 0) is 24.6 Å². The molecule has 0 unspecified atom stereocenters. The number of nitrogens with zero attached hydrogens (tertiary/aromatic N) is 1. The van der Waals surface area contributed by atoms with Gasteiger partial charge in [-0.2, -0.15) is 0 Å². The lowest BCUT2D eigenvalue weighted by Crippen LogP contribution is -2.25. The van der Waals surface area contributed by atoms with Gasteiger partial charge in [-0.25, -0.2) is 0 Å². The molecule has 0 saturated heterocycles. The van der Waals surface area contributed by atoms with E-state index in [0.717, 1.165) is 6.07 Å². The Kier molecular flexibility index (Phi) is 6.83. The number of amides is 1. The molecule has 0 atom stereocenters. The Labute approximate surface area is 210 Å². The van der Waals surface area contributed by atoms with E-state index in [4.69, 9.17) is 0 Å². The second kappa shape index (κ2) is 10.2. The Morgan fingerprint density at radius 1 is 0.919 bits per heavy atom. The molecule has 0 aromatic heterocycles. The van der Waals surface area contributed by atoms with E-state index in [2.05, 4.69) is 10.6 Å². The number of fused-ring (bicyclic) bond motifs is 1. The number of Topliss-reactive ketones (excluding diaryl/α,β-unsaturated/α-hetero) is 3. The molecular formula is C27H19N3O7. The van der Waals surface area contributed by atoms with Gasteiger partial charge < -0.3 is 10.6 Å². The van der Waals surface area contributed by atoms with Crippen molar-refractivity contribution in [3.8, 4) is 0 Å². The van der Waals surface area contributed by atoms with Gasteiger partial charge in [-0.1, -0.05) is 42.5 Å². The molecule has 0 fully saturated rings. The monoisotopic (exact) mass is 497 g/mol. The maximum atomic E-state index is 12.7. The number of carbonyl (C=O) groups excluding carboxylic acids is 5. The van der Waals surface area contributed by atoms with Crippen LogP contribution in [0.25, 0.3) is 5.70 Å². The summed E-state index contributed by atoms with van der Waals surface area (Å²) in [6.07, 6.45) is 0.463. The fourth-order valence-corrected chi connectivity index (χ4v) is 3.73. The minimum Gasteiger partial charge on any atom is -0.355 e. The predicted octanol–water partition coefficient (Wildman–Crippen LogP) is 3.90. The Balaban J connectivity index is 1.46. The Morgan fingerprint density at radius 2 is 1.65 bits per heavy atom. The molecule has 0 heterocycles. The molecule has 184 valence electrons.